The summed E-state index contributed by atoms with van der Waals surface area (Å²) in [6.45, 7) is 2.47. The SMILES string of the molecule is CCN(CC(Cl)c1ccc(Cl)cc1)C(=O)O. The maximum Gasteiger partial charge on any atom is 0.407 e. The zero-order valence-electron chi connectivity index (χ0n) is 8.86. The number of likely N-dealkylation sites (N-methyl/N-ethyl adjacent to an activating group) is 1. The van der Waals surface area contributed by atoms with Gasteiger partial charge < -0.3 is 10.0 Å². The van der Waals surface area contributed by atoms with Crippen LogP contribution in [0.25, 0.3) is 0 Å². The fourth-order valence-corrected chi connectivity index (χ4v) is 1.75. The molecule has 0 bridgehead atoms. The molecule has 88 valence electrons. The average molecular weight is 262 g/mol. The first-order chi connectivity index (χ1) is 7.54. The molecule has 1 aromatic carbocycles. The summed E-state index contributed by atoms with van der Waals surface area (Å²) >= 11 is 11.9. The van der Waals surface area contributed by atoms with E-state index in [4.69, 9.17) is 28.3 Å². The molecule has 1 unspecified atom stereocenters. The number of alkyl halides is 1. The molecule has 5 heteroatoms. The Labute approximate surface area is 105 Å². The van der Waals surface area contributed by atoms with E-state index in [1.165, 1.54) is 4.90 Å². The summed E-state index contributed by atoms with van der Waals surface area (Å²) < 4.78 is 0. The normalized spacial score (nSPS) is 12.2. The molecule has 0 aliphatic carbocycles. The largest absolute Gasteiger partial charge is 0.465 e. The maximum absolute atomic E-state index is 10.8. The van der Waals surface area contributed by atoms with Gasteiger partial charge in [-0.1, -0.05) is 23.7 Å². The standard InChI is InChI=1S/C11H13Cl2NO2/c1-2-14(11(15)16)7-10(13)8-3-5-9(12)6-4-8/h3-6,10H,2,7H2,1H3,(H,15,16). The number of benzene rings is 1. The van der Waals surface area contributed by atoms with Gasteiger partial charge in [0.1, 0.15) is 0 Å². The molecule has 0 spiro atoms. The van der Waals surface area contributed by atoms with E-state index >= 15 is 0 Å². The molecule has 0 heterocycles. The Morgan fingerprint density at radius 1 is 1.44 bits per heavy atom. The second-order valence-electron chi connectivity index (χ2n) is 3.34. The van der Waals surface area contributed by atoms with Crippen molar-refractivity contribution in [3.63, 3.8) is 0 Å². The number of hydrogen-bond acceptors (Lipinski definition) is 1. The van der Waals surface area contributed by atoms with Crippen molar-refractivity contribution in [2.75, 3.05) is 13.1 Å². The molecule has 0 aromatic heterocycles. The molecule has 1 rings (SSSR count). The zero-order valence-corrected chi connectivity index (χ0v) is 10.4. The Bertz CT molecular complexity index is 354. The maximum atomic E-state index is 10.8. The highest BCUT2D eigenvalue weighted by atomic mass is 35.5. The summed E-state index contributed by atoms with van der Waals surface area (Å²) in [6, 6.07) is 7.08. The summed E-state index contributed by atoms with van der Waals surface area (Å²) in [5.41, 5.74) is 0.866. The van der Waals surface area contributed by atoms with Crippen LogP contribution in [0.2, 0.25) is 5.02 Å². The minimum Gasteiger partial charge on any atom is -0.465 e. The Hall–Kier alpha value is -0.930. The molecule has 1 N–H and O–H groups in total. The monoisotopic (exact) mass is 261 g/mol. The number of carbonyl (C=O) groups is 1. The van der Waals surface area contributed by atoms with E-state index in [-0.39, 0.29) is 11.9 Å². The molecule has 0 saturated heterocycles. The van der Waals surface area contributed by atoms with Crippen LogP contribution in [0.5, 0.6) is 0 Å². The summed E-state index contributed by atoms with van der Waals surface area (Å²) in [5.74, 6) is 0. The predicted molar refractivity (Wildman–Crippen MR) is 65.3 cm³/mol. The number of nitrogens with zero attached hydrogens (tertiary/aromatic N) is 1. The van der Waals surface area contributed by atoms with Crippen molar-refractivity contribution >= 4 is 29.3 Å². The average Bonchev–Trinajstić information content (AvgIpc) is 2.26. The van der Waals surface area contributed by atoms with Gasteiger partial charge in [0, 0.05) is 18.1 Å². The third-order valence-electron chi connectivity index (χ3n) is 2.26. The van der Waals surface area contributed by atoms with E-state index in [0.29, 0.717) is 11.6 Å². The number of hydrogen-bond donors (Lipinski definition) is 1. The molecule has 0 radical (unpaired) electrons. The Morgan fingerprint density at radius 2 is 2.00 bits per heavy atom. The fourth-order valence-electron chi connectivity index (χ4n) is 1.31. The van der Waals surface area contributed by atoms with E-state index in [9.17, 15) is 4.79 Å². The molecule has 0 aliphatic heterocycles. The quantitative estimate of drug-likeness (QED) is 0.842. The highest BCUT2D eigenvalue weighted by Gasteiger charge is 2.16. The lowest BCUT2D eigenvalue weighted by Gasteiger charge is -2.20. The van der Waals surface area contributed by atoms with Crippen LogP contribution in [0, 0.1) is 0 Å². The van der Waals surface area contributed by atoms with Gasteiger partial charge in [0.05, 0.1) is 5.38 Å². The van der Waals surface area contributed by atoms with Crippen LogP contribution in [0.1, 0.15) is 17.9 Å². The number of amides is 1. The molecule has 3 nitrogen and oxygen atoms in total. The molecule has 0 fully saturated rings. The lowest BCUT2D eigenvalue weighted by Crippen LogP contribution is -2.32. The molecule has 1 aromatic rings. The lowest BCUT2D eigenvalue weighted by molar-refractivity contribution is 0.147. The van der Waals surface area contributed by atoms with Crippen LogP contribution < -0.4 is 0 Å². The number of halogens is 2. The second kappa shape index (κ2) is 5.97. The fraction of sp³-hybridized carbons (Fsp3) is 0.364. The van der Waals surface area contributed by atoms with Gasteiger partial charge in [-0.2, -0.15) is 0 Å². The summed E-state index contributed by atoms with van der Waals surface area (Å²) in [6.07, 6.45) is -0.956. The van der Waals surface area contributed by atoms with Crippen LogP contribution in [0.15, 0.2) is 24.3 Å². The molecule has 1 atom stereocenters. The molecular formula is C11H13Cl2NO2. The van der Waals surface area contributed by atoms with E-state index in [2.05, 4.69) is 0 Å². The van der Waals surface area contributed by atoms with Crippen LogP contribution in [0.4, 0.5) is 4.79 Å². The first-order valence-electron chi connectivity index (χ1n) is 4.92. The van der Waals surface area contributed by atoms with Crippen molar-refractivity contribution in [3.8, 4) is 0 Å². The molecule has 1 amide bonds. The number of rotatable bonds is 4. The van der Waals surface area contributed by atoms with Crippen LogP contribution in [-0.4, -0.2) is 29.2 Å². The topological polar surface area (TPSA) is 40.5 Å². The van der Waals surface area contributed by atoms with Gasteiger partial charge in [-0.05, 0) is 24.6 Å². The van der Waals surface area contributed by atoms with Crippen molar-refractivity contribution in [1.29, 1.82) is 0 Å². The van der Waals surface area contributed by atoms with Gasteiger partial charge >= 0.3 is 6.09 Å². The van der Waals surface area contributed by atoms with E-state index in [1.54, 1.807) is 31.2 Å². The smallest absolute Gasteiger partial charge is 0.407 e. The van der Waals surface area contributed by atoms with Crippen molar-refractivity contribution in [2.45, 2.75) is 12.3 Å². The molecule has 16 heavy (non-hydrogen) atoms. The summed E-state index contributed by atoms with van der Waals surface area (Å²) in [7, 11) is 0. The van der Waals surface area contributed by atoms with Gasteiger partial charge in [-0.3, -0.25) is 0 Å². The van der Waals surface area contributed by atoms with Gasteiger partial charge in [-0.15, -0.1) is 11.6 Å². The summed E-state index contributed by atoms with van der Waals surface area (Å²) in [4.78, 5) is 12.1. The highest BCUT2D eigenvalue weighted by Crippen LogP contribution is 2.23. The van der Waals surface area contributed by atoms with E-state index < -0.39 is 6.09 Å². The third-order valence-corrected chi connectivity index (χ3v) is 2.91. The highest BCUT2D eigenvalue weighted by molar-refractivity contribution is 6.30. The first kappa shape index (κ1) is 13.1. The Kier molecular flexibility index (Phi) is 4.90. The second-order valence-corrected chi connectivity index (χ2v) is 4.30. The van der Waals surface area contributed by atoms with Gasteiger partial charge in [0.2, 0.25) is 0 Å². The van der Waals surface area contributed by atoms with Crippen LogP contribution in [-0.2, 0) is 0 Å². The molecular weight excluding hydrogens is 249 g/mol. The van der Waals surface area contributed by atoms with Crippen LogP contribution >= 0.6 is 23.2 Å². The van der Waals surface area contributed by atoms with Crippen LogP contribution in [0.3, 0.4) is 0 Å². The third kappa shape index (κ3) is 3.58. The van der Waals surface area contributed by atoms with Gasteiger partial charge in [0.15, 0.2) is 0 Å². The van der Waals surface area contributed by atoms with Crippen molar-refractivity contribution in [3.05, 3.63) is 34.9 Å². The predicted octanol–water partition coefficient (Wildman–Crippen LogP) is 3.62. The minimum absolute atomic E-state index is 0.273. The Morgan fingerprint density at radius 3 is 2.44 bits per heavy atom. The Balaban J connectivity index is 2.67. The molecule has 0 aliphatic rings. The van der Waals surface area contributed by atoms with Gasteiger partial charge in [0.25, 0.3) is 0 Å². The lowest BCUT2D eigenvalue weighted by atomic mass is 10.1. The summed E-state index contributed by atoms with van der Waals surface area (Å²) in [5, 5.41) is 9.14. The van der Waals surface area contributed by atoms with Crippen molar-refractivity contribution in [2.24, 2.45) is 0 Å². The minimum atomic E-state index is -0.956. The van der Waals surface area contributed by atoms with E-state index in [0.717, 1.165) is 5.56 Å². The number of carboxylic acid groups (broad SMARTS) is 1. The first-order valence-corrected chi connectivity index (χ1v) is 5.73. The van der Waals surface area contributed by atoms with E-state index in [1.807, 2.05) is 0 Å². The van der Waals surface area contributed by atoms with Crippen molar-refractivity contribution < 1.29 is 9.90 Å². The van der Waals surface area contributed by atoms with Crippen molar-refractivity contribution in [1.82, 2.24) is 4.90 Å². The van der Waals surface area contributed by atoms with Gasteiger partial charge in [-0.25, -0.2) is 4.79 Å². The molecule has 0 saturated carbocycles. The zero-order chi connectivity index (χ0) is 12.1.